The van der Waals surface area contributed by atoms with E-state index in [0.717, 1.165) is 16.9 Å². The van der Waals surface area contributed by atoms with E-state index in [1.54, 1.807) is 37.3 Å². The molecular formula is C17H17FN2O. The first-order valence-electron chi connectivity index (χ1n) is 6.82. The topological polar surface area (TPSA) is 47.3 Å². The Balaban J connectivity index is 2.55. The van der Waals surface area contributed by atoms with Crippen LogP contribution in [0.2, 0.25) is 0 Å². The van der Waals surface area contributed by atoms with E-state index in [1.807, 2.05) is 11.8 Å². The largest absolute Gasteiger partial charge is 0.389 e. The highest BCUT2D eigenvalue weighted by Crippen LogP contribution is 2.32. The van der Waals surface area contributed by atoms with Crippen LogP contribution in [0.1, 0.15) is 31.1 Å². The minimum absolute atomic E-state index is 0.295. The zero-order chi connectivity index (χ0) is 15.4. The quantitative estimate of drug-likeness (QED) is 0.926. The second kappa shape index (κ2) is 6.38. The third-order valence-corrected chi connectivity index (χ3v) is 3.35. The summed E-state index contributed by atoms with van der Waals surface area (Å²) in [6.07, 6.45) is -0.651. The first-order valence-corrected chi connectivity index (χ1v) is 6.82. The van der Waals surface area contributed by atoms with Gasteiger partial charge in [-0.1, -0.05) is 6.07 Å². The van der Waals surface area contributed by atoms with E-state index in [2.05, 4.69) is 6.07 Å². The second-order valence-corrected chi connectivity index (χ2v) is 4.78. The van der Waals surface area contributed by atoms with Gasteiger partial charge in [-0.2, -0.15) is 5.26 Å². The smallest absolute Gasteiger partial charge is 0.123 e. The number of benzene rings is 2. The van der Waals surface area contributed by atoms with Gasteiger partial charge in [-0.25, -0.2) is 4.39 Å². The molecule has 1 N–H and O–H groups in total. The van der Waals surface area contributed by atoms with Crippen LogP contribution in [0.25, 0.3) is 0 Å². The van der Waals surface area contributed by atoms with Crippen LogP contribution in [0.3, 0.4) is 0 Å². The zero-order valence-corrected chi connectivity index (χ0v) is 12.0. The van der Waals surface area contributed by atoms with Crippen LogP contribution in [0.4, 0.5) is 15.8 Å². The van der Waals surface area contributed by atoms with Gasteiger partial charge in [-0.3, -0.25) is 0 Å². The van der Waals surface area contributed by atoms with Gasteiger partial charge in [0.05, 0.1) is 17.7 Å². The lowest BCUT2D eigenvalue weighted by Crippen LogP contribution is -2.18. The Morgan fingerprint density at radius 2 is 1.90 bits per heavy atom. The fraction of sp³-hybridized carbons (Fsp3) is 0.235. The molecule has 21 heavy (non-hydrogen) atoms. The van der Waals surface area contributed by atoms with Gasteiger partial charge in [0.1, 0.15) is 5.82 Å². The molecule has 0 saturated carbocycles. The Hall–Kier alpha value is -2.38. The Morgan fingerprint density at radius 3 is 2.43 bits per heavy atom. The number of hydrogen-bond donors (Lipinski definition) is 1. The molecule has 0 fully saturated rings. The monoisotopic (exact) mass is 284 g/mol. The van der Waals surface area contributed by atoms with Crippen molar-refractivity contribution in [3.05, 3.63) is 59.4 Å². The maximum atomic E-state index is 13.1. The third kappa shape index (κ3) is 3.21. The van der Waals surface area contributed by atoms with E-state index in [-0.39, 0.29) is 5.82 Å². The highest BCUT2D eigenvalue weighted by Gasteiger charge is 2.16. The van der Waals surface area contributed by atoms with Crippen molar-refractivity contribution in [3.63, 3.8) is 0 Å². The lowest BCUT2D eigenvalue weighted by atomic mass is 10.0. The van der Waals surface area contributed by atoms with E-state index in [4.69, 9.17) is 5.26 Å². The van der Waals surface area contributed by atoms with Crippen LogP contribution >= 0.6 is 0 Å². The molecule has 0 saturated heterocycles. The van der Waals surface area contributed by atoms with Crippen molar-refractivity contribution < 1.29 is 9.50 Å². The van der Waals surface area contributed by atoms with Crippen LogP contribution < -0.4 is 4.90 Å². The number of hydrogen-bond acceptors (Lipinski definition) is 3. The number of aliphatic hydroxyl groups is 1. The molecule has 0 aliphatic carbocycles. The van der Waals surface area contributed by atoms with Crippen LogP contribution in [0.15, 0.2) is 42.5 Å². The Bertz CT molecular complexity index is 659. The van der Waals surface area contributed by atoms with E-state index in [1.165, 1.54) is 12.1 Å². The van der Waals surface area contributed by atoms with Crippen molar-refractivity contribution in [2.24, 2.45) is 0 Å². The molecule has 0 amide bonds. The normalized spacial score (nSPS) is 11.8. The maximum absolute atomic E-state index is 13.1. The van der Waals surface area contributed by atoms with Crippen LogP contribution in [0.5, 0.6) is 0 Å². The summed E-state index contributed by atoms with van der Waals surface area (Å²) in [5.41, 5.74) is 2.84. The highest BCUT2D eigenvalue weighted by molar-refractivity contribution is 5.68. The van der Waals surface area contributed by atoms with E-state index in [9.17, 15) is 9.50 Å². The molecule has 2 aromatic rings. The fourth-order valence-corrected chi connectivity index (χ4v) is 2.31. The van der Waals surface area contributed by atoms with Gasteiger partial charge in [0.2, 0.25) is 0 Å². The Kier molecular flexibility index (Phi) is 4.56. The summed E-state index contributed by atoms with van der Waals surface area (Å²) in [6.45, 7) is 4.29. The van der Waals surface area contributed by atoms with Gasteiger partial charge < -0.3 is 10.0 Å². The molecule has 0 radical (unpaired) electrons. The maximum Gasteiger partial charge on any atom is 0.123 e. The summed E-state index contributed by atoms with van der Waals surface area (Å²) >= 11 is 0. The highest BCUT2D eigenvalue weighted by atomic mass is 19.1. The van der Waals surface area contributed by atoms with Crippen molar-refractivity contribution in [1.82, 2.24) is 0 Å². The molecule has 3 nitrogen and oxygen atoms in total. The van der Waals surface area contributed by atoms with Crippen molar-refractivity contribution in [2.45, 2.75) is 20.0 Å². The van der Waals surface area contributed by atoms with Gasteiger partial charge in [0, 0.05) is 23.5 Å². The Labute approximate surface area is 123 Å². The van der Waals surface area contributed by atoms with E-state index >= 15 is 0 Å². The van der Waals surface area contributed by atoms with E-state index in [0.29, 0.717) is 12.1 Å². The average molecular weight is 284 g/mol. The molecule has 0 bridgehead atoms. The number of nitriles is 1. The summed E-state index contributed by atoms with van der Waals surface area (Å²) < 4.78 is 13.1. The number of halogens is 1. The first-order chi connectivity index (χ1) is 10.1. The molecule has 0 aliphatic rings. The van der Waals surface area contributed by atoms with Crippen molar-refractivity contribution in [3.8, 4) is 6.07 Å². The predicted octanol–water partition coefficient (Wildman–Crippen LogP) is 3.91. The van der Waals surface area contributed by atoms with Crippen LogP contribution in [-0.2, 0) is 0 Å². The molecule has 0 unspecified atom stereocenters. The lowest BCUT2D eigenvalue weighted by Gasteiger charge is -2.27. The summed E-state index contributed by atoms with van der Waals surface area (Å²) in [4.78, 5) is 1.95. The number of aliphatic hydroxyl groups excluding tert-OH is 1. The van der Waals surface area contributed by atoms with Crippen molar-refractivity contribution >= 4 is 11.4 Å². The molecule has 4 heteroatoms. The summed E-state index contributed by atoms with van der Waals surface area (Å²) in [5, 5.41) is 19.0. The van der Waals surface area contributed by atoms with E-state index < -0.39 is 6.10 Å². The summed E-state index contributed by atoms with van der Waals surface area (Å²) in [5.74, 6) is -0.295. The third-order valence-electron chi connectivity index (χ3n) is 3.35. The van der Waals surface area contributed by atoms with Gasteiger partial charge in [-0.15, -0.1) is 0 Å². The molecule has 2 aromatic carbocycles. The van der Waals surface area contributed by atoms with Crippen molar-refractivity contribution in [2.75, 3.05) is 11.4 Å². The molecule has 0 spiro atoms. The lowest BCUT2D eigenvalue weighted by molar-refractivity contribution is 0.200. The molecule has 2 rings (SSSR count). The molecular weight excluding hydrogens is 267 g/mol. The zero-order valence-electron chi connectivity index (χ0n) is 12.0. The first kappa shape index (κ1) is 15.0. The van der Waals surface area contributed by atoms with Crippen LogP contribution in [-0.4, -0.2) is 11.7 Å². The van der Waals surface area contributed by atoms with Gasteiger partial charge in [0.15, 0.2) is 0 Å². The predicted molar refractivity (Wildman–Crippen MR) is 80.9 cm³/mol. The average Bonchev–Trinajstić information content (AvgIpc) is 2.49. The molecule has 108 valence electrons. The minimum Gasteiger partial charge on any atom is -0.389 e. The molecule has 0 aliphatic heterocycles. The number of nitrogens with zero attached hydrogens (tertiary/aromatic N) is 2. The van der Waals surface area contributed by atoms with Gasteiger partial charge >= 0.3 is 0 Å². The molecule has 0 heterocycles. The number of anilines is 2. The molecule has 0 aromatic heterocycles. The van der Waals surface area contributed by atoms with Crippen molar-refractivity contribution in [1.29, 1.82) is 5.26 Å². The van der Waals surface area contributed by atoms with Crippen LogP contribution in [0, 0.1) is 17.1 Å². The second-order valence-electron chi connectivity index (χ2n) is 4.78. The Morgan fingerprint density at radius 1 is 1.24 bits per heavy atom. The van der Waals surface area contributed by atoms with Gasteiger partial charge in [0.25, 0.3) is 0 Å². The minimum atomic E-state index is -0.651. The summed E-state index contributed by atoms with van der Waals surface area (Å²) in [7, 11) is 0. The number of rotatable bonds is 4. The summed E-state index contributed by atoms with van der Waals surface area (Å²) in [6, 6.07) is 13.5. The van der Waals surface area contributed by atoms with Gasteiger partial charge in [-0.05, 0) is 50.2 Å². The SMILES string of the molecule is CCN(c1ccc(F)cc1)c1cc(C#N)ccc1[C@H](C)O. The standard InChI is InChI=1S/C17H17FN2O/c1-3-20(15-7-5-14(18)6-8-15)17-10-13(11-19)4-9-16(17)12(2)21/h4-10,12,21H,3H2,1-2H3/t12-/m0/s1. The fourth-order valence-electron chi connectivity index (χ4n) is 2.31. The molecule has 1 atom stereocenters.